The van der Waals surface area contributed by atoms with Gasteiger partial charge in [-0.15, -0.1) is 0 Å². The van der Waals surface area contributed by atoms with Gasteiger partial charge in [0.1, 0.15) is 5.60 Å². The number of carbonyl (C=O) groups is 2. The Balaban J connectivity index is 2.66. The zero-order valence-corrected chi connectivity index (χ0v) is 11.6. The van der Waals surface area contributed by atoms with E-state index in [0.717, 1.165) is 0 Å². The summed E-state index contributed by atoms with van der Waals surface area (Å²) in [5.74, 6) is -0.477. The average Bonchev–Trinajstić information content (AvgIpc) is 2.24. The summed E-state index contributed by atoms with van der Waals surface area (Å²) >= 11 is 0. The second-order valence-electron chi connectivity index (χ2n) is 5.34. The number of rotatable bonds is 1. The summed E-state index contributed by atoms with van der Waals surface area (Å²) in [5, 5.41) is 0. The summed E-state index contributed by atoms with van der Waals surface area (Å²) in [7, 11) is 1.29. The van der Waals surface area contributed by atoms with E-state index in [1.165, 1.54) is 12.0 Å². The number of morpholine rings is 1. The van der Waals surface area contributed by atoms with Crippen molar-refractivity contribution >= 4 is 12.1 Å². The lowest BCUT2D eigenvalue weighted by Gasteiger charge is -2.36. The zero-order chi connectivity index (χ0) is 13.9. The smallest absolute Gasteiger partial charge is 0.410 e. The van der Waals surface area contributed by atoms with Crippen LogP contribution in [0.1, 0.15) is 27.7 Å². The number of carbonyl (C=O) groups excluding carboxylic acids is 2. The lowest BCUT2D eigenvalue weighted by molar-refractivity contribution is -0.165. The van der Waals surface area contributed by atoms with Gasteiger partial charge in [-0.25, -0.2) is 9.59 Å². The third-order valence-corrected chi connectivity index (χ3v) is 2.38. The molecule has 0 spiro atoms. The maximum absolute atomic E-state index is 11.9. The van der Waals surface area contributed by atoms with Crippen molar-refractivity contribution in [1.82, 2.24) is 4.90 Å². The van der Waals surface area contributed by atoms with Crippen LogP contribution in [0.25, 0.3) is 0 Å². The SMILES string of the molecule is COC(=O)C1CN(C(=O)OC(C)(C)C)CC(C)O1. The summed E-state index contributed by atoms with van der Waals surface area (Å²) in [4.78, 5) is 24.8. The highest BCUT2D eigenvalue weighted by atomic mass is 16.6. The number of ether oxygens (including phenoxy) is 3. The number of hydrogen-bond donors (Lipinski definition) is 0. The van der Waals surface area contributed by atoms with Crippen LogP contribution in [-0.4, -0.2) is 55.0 Å². The fourth-order valence-electron chi connectivity index (χ4n) is 1.69. The van der Waals surface area contributed by atoms with Crippen molar-refractivity contribution in [3.05, 3.63) is 0 Å². The fourth-order valence-corrected chi connectivity index (χ4v) is 1.69. The number of hydrogen-bond acceptors (Lipinski definition) is 5. The van der Waals surface area contributed by atoms with Crippen molar-refractivity contribution in [1.29, 1.82) is 0 Å². The van der Waals surface area contributed by atoms with Crippen LogP contribution in [0.3, 0.4) is 0 Å². The fraction of sp³-hybridized carbons (Fsp3) is 0.833. The van der Waals surface area contributed by atoms with Gasteiger partial charge in [0.15, 0.2) is 6.10 Å². The van der Waals surface area contributed by atoms with Gasteiger partial charge in [-0.2, -0.15) is 0 Å². The second kappa shape index (κ2) is 5.56. The van der Waals surface area contributed by atoms with Gasteiger partial charge in [-0.3, -0.25) is 0 Å². The molecule has 1 aliphatic rings. The number of esters is 1. The lowest BCUT2D eigenvalue weighted by atomic mass is 10.2. The Morgan fingerprint density at radius 3 is 2.39 bits per heavy atom. The van der Waals surface area contributed by atoms with E-state index in [9.17, 15) is 9.59 Å². The molecule has 0 radical (unpaired) electrons. The summed E-state index contributed by atoms with van der Waals surface area (Å²) in [5.41, 5.74) is -0.556. The van der Waals surface area contributed by atoms with E-state index < -0.39 is 23.8 Å². The minimum absolute atomic E-state index is 0.159. The molecule has 1 fully saturated rings. The molecule has 2 unspecified atom stereocenters. The zero-order valence-electron chi connectivity index (χ0n) is 11.6. The van der Waals surface area contributed by atoms with E-state index >= 15 is 0 Å². The summed E-state index contributed by atoms with van der Waals surface area (Å²) < 4.78 is 15.3. The Bertz CT molecular complexity index is 323. The normalized spacial score (nSPS) is 24.6. The molecule has 0 bridgehead atoms. The molecule has 1 rings (SSSR count). The molecule has 1 heterocycles. The molecule has 18 heavy (non-hydrogen) atoms. The highest BCUT2D eigenvalue weighted by Crippen LogP contribution is 2.16. The van der Waals surface area contributed by atoms with Crippen LogP contribution in [0.2, 0.25) is 0 Å². The topological polar surface area (TPSA) is 65.1 Å². The van der Waals surface area contributed by atoms with Crippen molar-refractivity contribution in [2.75, 3.05) is 20.2 Å². The van der Waals surface area contributed by atoms with Crippen LogP contribution >= 0.6 is 0 Å². The van der Waals surface area contributed by atoms with Crippen LogP contribution in [0, 0.1) is 0 Å². The average molecular weight is 259 g/mol. The van der Waals surface area contributed by atoms with Crippen molar-refractivity contribution in [2.24, 2.45) is 0 Å². The molecule has 1 aliphatic heterocycles. The Hall–Kier alpha value is -1.30. The van der Waals surface area contributed by atoms with Crippen molar-refractivity contribution < 1.29 is 23.8 Å². The monoisotopic (exact) mass is 259 g/mol. The maximum atomic E-state index is 11.9. The van der Waals surface area contributed by atoms with E-state index in [2.05, 4.69) is 4.74 Å². The number of amides is 1. The standard InChI is InChI=1S/C12H21NO5/c1-8-6-13(11(15)18-12(2,3)4)7-9(17-8)10(14)16-5/h8-9H,6-7H2,1-5H3. The van der Waals surface area contributed by atoms with Gasteiger partial charge in [-0.05, 0) is 27.7 Å². The molecule has 6 heteroatoms. The molecule has 0 aromatic carbocycles. The molecule has 1 amide bonds. The van der Waals surface area contributed by atoms with Crippen LogP contribution < -0.4 is 0 Å². The van der Waals surface area contributed by atoms with E-state index in [4.69, 9.17) is 9.47 Å². The minimum Gasteiger partial charge on any atom is -0.467 e. The van der Waals surface area contributed by atoms with Gasteiger partial charge in [0.2, 0.25) is 0 Å². The quantitative estimate of drug-likeness (QED) is 0.662. The first-order valence-electron chi connectivity index (χ1n) is 5.94. The Morgan fingerprint density at radius 2 is 1.89 bits per heavy atom. The molecule has 104 valence electrons. The van der Waals surface area contributed by atoms with Gasteiger partial charge in [0.05, 0.1) is 26.3 Å². The molecule has 0 aromatic heterocycles. The van der Waals surface area contributed by atoms with E-state index in [1.54, 1.807) is 27.7 Å². The summed E-state index contributed by atoms with van der Waals surface area (Å²) in [6.45, 7) is 7.76. The predicted octanol–water partition coefficient (Wildman–Crippen LogP) is 1.18. The van der Waals surface area contributed by atoms with Gasteiger partial charge in [-0.1, -0.05) is 0 Å². The third-order valence-electron chi connectivity index (χ3n) is 2.38. The second-order valence-corrected chi connectivity index (χ2v) is 5.34. The predicted molar refractivity (Wildman–Crippen MR) is 64.2 cm³/mol. The highest BCUT2D eigenvalue weighted by molar-refractivity contribution is 5.76. The molecule has 1 saturated heterocycles. The first kappa shape index (κ1) is 14.8. The first-order valence-corrected chi connectivity index (χ1v) is 5.94. The molecule has 0 N–H and O–H groups in total. The van der Waals surface area contributed by atoms with E-state index in [0.29, 0.717) is 6.54 Å². The van der Waals surface area contributed by atoms with Crippen LogP contribution in [0.4, 0.5) is 4.79 Å². The van der Waals surface area contributed by atoms with Crippen molar-refractivity contribution in [3.8, 4) is 0 Å². The summed E-state index contributed by atoms with van der Waals surface area (Å²) in [6.07, 6.45) is -1.41. The van der Waals surface area contributed by atoms with Gasteiger partial charge in [0, 0.05) is 0 Å². The molecule has 0 aromatic rings. The lowest BCUT2D eigenvalue weighted by Crippen LogP contribution is -2.53. The third kappa shape index (κ3) is 4.18. The van der Waals surface area contributed by atoms with Gasteiger partial charge < -0.3 is 19.1 Å². The molecule has 0 saturated carbocycles. The number of methoxy groups -OCH3 is 1. The molecular formula is C12H21NO5. The van der Waals surface area contributed by atoms with Crippen LogP contribution in [-0.2, 0) is 19.0 Å². The first-order chi connectivity index (χ1) is 8.23. The highest BCUT2D eigenvalue weighted by Gasteiger charge is 2.35. The molecular weight excluding hydrogens is 238 g/mol. The van der Waals surface area contributed by atoms with Crippen molar-refractivity contribution in [3.63, 3.8) is 0 Å². The number of nitrogens with zero attached hydrogens (tertiary/aromatic N) is 1. The van der Waals surface area contributed by atoms with Gasteiger partial charge >= 0.3 is 12.1 Å². The minimum atomic E-state index is -0.744. The van der Waals surface area contributed by atoms with Crippen LogP contribution in [0.15, 0.2) is 0 Å². The van der Waals surface area contributed by atoms with E-state index in [-0.39, 0.29) is 12.6 Å². The maximum Gasteiger partial charge on any atom is 0.410 e. The summed E-state index contributed by atoms with van der Waals surface area (Å²) in [6, 6.07) is 0. The molecule has 0 aliphatic carbocycles. The largest absolute Gasteiger partial charge is 0.467 e. The van der Waals surface area contributed by atoms with E-state index in [1.807, 2.05) is 0 Å². The van der Waals surface area contributed by atoms with Crippen molar-refractivity contribution in [2.45, 2.75) is 45.5 Å². The van der Waals surface area contributed by atoms with Crippen LogP contribution in [0.5, 0.6) is 0 Å². The Kier molecular flexibility index (Phi) is 4.56. The molecule has 2 atom stereocenters. The molecule has 6 nitrogen and oxygen atoms in total. The Labute approximate surface area is 107 Å². The Morgan fingerprint density at radius 1 is 1.28 bits per heavy atom. The van der Waals surface area contributed by atoms with Gasteiger partial charge in [0.25, 0.3) is 0 Å².